The fraction of sp³-hybridized carbons (Fsp3) is 0.500. The van der Waals surface area contributed by atoms with Gasteiger partial charge in [0.05, 0.1) is 5.69 Å². The summed E-state index contributed by atoms with van der Waals surface area (Å²) in [6.07, 6.45) is -3.16. The molecule has 10 heteroatoms. The van der Waals surface area contributed by atoms with Crippen molar-refractivity contribution in [3.05, 3.63) is 34.5 Å². The van der Waals surface area contributed by atoms with Crippen LogP contribution in [0.3, 0.4) is 0 Å². The molecule has 0 aliphatic heterocycles. The Morgan fingerprint density at radius 3 is 2.50 bits per heavy atom. The summed E-state index contributed by atoms with van der Waals surface area (Å²) in [7, 11) is 2.99. The highest BCUT2D eigenvalue weighted by atomic mass is 19.4. The van der Waals surface area contributed by atoms with Crippen LogP contribution in [0.4, 0.5) is 13.2 Å². The summed E-state index contributed by atoms with van der Waals surface area (Å²) < 4.78 is 45.0. The lowest BCUT2D eigenvalue weighted by Gasteiger charge is -2.12. The molecule has 0 bridgehead atoms. The van der Waals surface area contributed by atoms with Gasteiger partial charge < -0.3 is 15.2 Å². The molecule has 0 aromatic carbocycles. The van der Waals surface area contributed by atoms with E-state index in [2.05, 4.69) is 25.9 Å². The van der Waals surface area contributed by atoms with E-state index >= 15 is 0 Å². The van der Waals surface area contributed by atoms with E-state index in [0.717, 1.165) is 15.9 Å². The van der Waals surface area contributed by atoms with E-state index in [4.69, 9.17) is 4.52 Å². The summed E-state index contributed by atoms with van der Waals surface area (Å²) in [5, 5.41) is 13.2. The molecule has 0 atom stereocenters. The van der Waals surface area contributed by atoms with Crippen molar-refractivity contribution in [1.29, 1.82) is 0 Å². The smallest absolute Gasteiger partial charge is 0.361 e. The number of nitrogens with one attached hydrogen (secondary N) is 2. The van der Waals surface area contributed by atoms with Crippen LogP contribution in [-0.4, -0.2) is 27.9 Å². The van der Waals surface area contributed by atoms with E-state index in [1.165, 1.54) is 20.3 Å². The molecule has 0 fully saturated rings. The molecule has 2 rings (SSSR count). The van der Waals surface area contributed by atoms with Crippen LogP contribution in [0.25, 0.3) is 0 Å². The number of aryl methyl sites for hydroxylation is 3. The first-order valence-corrected chi connectivity index (χ1v) is 7.18. The highest BCUT2D eigenvalue weighted by molar-refractivity contribution is 5.79. The van der Waals surface area contributed by atoms with Crippen LogP contribution in [0.2, 0.25) is 0 Å². The average Bonchev–Trinajstić information content (AvgIpc) is 3.03. The van der Waals surface area contributed by atoms with Gasteiger partial charge in [-0.1, -0.05) is 5.16 Å². The molecule has 7 nitrogen and oxygen atoms in total. The van der Waals surface area contributed by atoms with E-state index in [1.807, 2.05) is 6.92 Å². The number of guanidine groups is 1. The van der Waals surface area contributed by atoms with Crippen LogP contribution in [0.5, 0.6) is 0 Å². The summed E-state index contributed by atoms with van der Waals surface area (Å²) >= 11 is 0. The molecule has 0 aliphatic rings. The van der Waals surface area contributed by atoms with Gasteiger partial charge in [0, 0.05) is 44.5 Å². The maximum Gasteiger partial charge on any atom is 0.435 e. The molecule has 2 aromatic heterocycles. The van der Waals surface area contributed by atoms with Gasteiger partial charge in [0.15, 0.2) is 11.7 Å². The van der Waals surface area contributed by atoms with Crippen molar-refractivity contribution in [3.8, 4) is 0 Å². The monoisotopic (exact) mass is 344 g/mol. The lowest BCUT2D eigenvalue weighted by molar-refractivity contribution is -0.142. The predicted octanol–water partition coefficient (Wildman–Crippen LogP) is 1.91. The number of aromatic nitrogens is 3. The SMILES string of the molecule is CN=C(NCc1cn(C)nc1C(F)(F)F)NCc1c(C)noc1C. The number of aliphatic imine (C=N–C) groups is 1. The number of alkyl halides is 3. The zero-order valence-corrected chi connectivity index (χ0v) is 13.8. The zero-order chi connectivity index (χ0) is 17.9. The Kier molecular flexibility index (Phi) is 5.15. The van der Waals surface area contributed by atoms with Gasteiger partial charge in [-0.2, -0.15) is 18.3 Å². The number of hydrogen-bond acceptors (Lipinski definition) is 4. The minimum absolute atomic E-state index is 0.0466. The molecule has 2 N–H and O–H groups in total. The third-order valence-corrected chi connectivity index (χ3v) is 3.46. The highest BCUT2D eigenvalue weighted by Gasteiger charge is 2.36. The van der Waals surface area contributed by atoms with Crippen molar-refractivity contribution in [2.24, 2.45) is 12.0 Å². The second kappa shape index (κ2) is 6.93. The standard InChI is InChI=1S/C14H19F3N6O/c1-8-11(9(2)24-22-8)6-20-13(18-3)19-5-10-7-23(4)21-12(10)14(15,16)17/h7H,5-6H2,1-4H3,(H2,18,19,20). The molecule has 0 saturated carbocycles. The third kappa shape index (κ3) is 4.06. The summed E-state index contributed by atoms with van der Waals surface area (Å²) in [5.74, 6) is 1.05. The normalized spacial score (nSPS) is 12.5. The van der Waals surface area contributed by atoms with E-state index in [-0.39, 0.29) is 12.1 Å². The molecule has 24 heavy (non-hydrogen) atoms. The molecule has 2 heterocycles. The van der Waals surface area contributed by atoms with Crippen molar-refractivity contribution < 1.29 is 17.7 Å². The summed E-state index contributed by atoms with van der Waals surface area (Å²) in [5.41, 5.74) is 0.779. The van der Waals surface area contributed by atoms with Gasteiger partial charge in [0.2, 0.25) is 0 Å². The average molecular weight is 344 g/mol. The lowest BCUT2D eigenvalue weighted by atomic mass is 10.2. The Labute approximate surface area is 136 Å². The molecule has 0 aliphatic carbocycles. The first-order chi connectivity index (χ1) is 11.2. The van der Waals surface area contributed by atoms with Crippen molar-refractivity contribution in [3.63, 3.8) is 0 Å². The number of hydrogen-bond donors (Lipinski definition) is 2. The van der Waals surface area contributed by atoms with Crippen molar-refractivity contribution in [1.82, 2.24) is 25.6 Å². The van der Waals surface area contributed by atoms with E-state index in [0.29, 0.717) is 18.3 Å². The second-order valence-electron chi connectivity index (χ2n) is 5.26. The summed E-state index contributed by atoms with van der Waals surface area (Å²) in [6.45, 7) is 3.96. The molecule has 0 radical (unpaired) electrons. The molecule has 0 unspecified atom stereocenters. The van der Waals surface area contributed by atoms with Gasteiger partial charge in [0.25, 0.3) is 0 Å². The Balaban J connectivity index is 2.00. The molecule has 0 saturated heterocycles. The number of halogens is 3. The lowest BCUT2D eigenvalue weighted by Crippen LogP contribution is -2.36. The number of nitrogens with zero attached hydrogens (tertiary/aromatic N) is 4. The van der Waals surface area contributed by atoms with Gasteiger partial charge in [-0.25, -0.2) is 0 Å². The molecule has 0 amide bonds. The van der Waals surface area contributed by atoms with Gasteiger partial charge in [-0.15, -0.1) is 0 Å². The Morgan fingerprint density at radius 2 is 1.96 bits per heavy atom. The maximum absolute atomic E-state index is 12.9. The molecular formula is C14H19F3N6O. The van der Waals surface area contributed by atoms with Crippen LogP contribution in [0.1, 0.15) is 28.3 Å². The van der Waals surface area contributed by atoms with Gasteiger partial charge in [-0.05, 0) is 13.8 Å². The summed E-state index contributed by atoms with van der Waals surface area (Å²) in [6, 6.07) is 0. The van der Waals surface area contributed by atoms with E-state index in [1.54, 1.807) is 6.92 Å². The molecule has 0 spiro atoms. The Bertz CT molecular complexity index is 712. The topological polar surface area (TPSA) is 80.3 Å². The van der Waals surface area contributed by atoms with Gasteiger partial charge >= 0.3 is 6.18 Å². The van der Waals surface area contributed by atoms with E-state index < -0.39 is 11.9 Å². The first kappa shape index (κ1) is 17.8. The van der Waals surface area contributed by atoms with E-state index in [9.17, 15) is 13.2 Å². The third-order valence-electron chi connectivity index (χ3n) is 3.46. The molecule has 2 aromatic rings. The van der Waals surface area contributed by atoms with Crippen LogP contribution in [-0.2, 0) is 26.3 Å². The van der Waals surface area contributed by atoms with Crippen LogP contribution < -0.4 is 10.6 Å². The maximum atomic E-state index is 12.9. The zero-order valence-electron chi connectivity index (χ0n) is 13.8. The highest BCUT2D eigenvalue weighted by Crippen LogP contribution is 2.30. The minimum Gasteiger partial charge on any atom is -0.361 e. The number of rotatable bonds is 4. The first-order valence-electron chi connectivity index (χ1n) is 7.18. The van der Waals surface area contributed by atoms with Crippen molar-refractivity contribution in [2.45, 2.75) is 33.1 Å². The fourth-order valence-corrected chi connectivity index (χ4v) is 2.23. The van der Waals surface area contributed by atoms with Crippen molar-refractivity contribution >= 4 is 5.96 Å². The quantitative estimate of drug-likeness (QED) is 0.654. The summed E-state index contributed by atoms with van der Waals surface area (Å²) in [4.78, 5) is 4.00. The second-order valence-corrected chi connectivity index (χ2v) is 5.26. The Morgan fingerprint density at radius 1 is 1.29 bits per heavy atom. The molecule has 132 valence electrons. The van der Waals surface area contributed by atoms with Gasteiger partial charge in [-0.3, -0.25) is 9.67 Å². The van der Waals surface area contributed by atoms with Crippen LogP contribution >= 0.6 is 0 Å². The van der Waals surface area contributed by atoms with Crippen LogP contribution in [0, 0.1) is 13.8 Å². The van der Waals surface area contributed by atoms with Crippen molar-refractivity contribution in [2.75, 3.05) is 7.05 Å². The van der Waals surface area contributed by atoms with Crippen LogP contribution in [0.15, 0.2) is 15.7 Å². The predicted molar refractivity (Wildman–Crippen MR) is 81.2 cm³/mol. The fourth-order valence-electron chi connectivity index (χ4n) is 2.23. The molecular weight excluding hydrogens is 325 g/mol. The largest absolute Gasteiger partial charge is 0.435 e. The van der Waals surface area contributed by atoms with Gasteiger partial charge in [0.1, 0.15) is 5.76 Å². The minimum atomic E-state index is -4.49. The Hall–Kier alpha value is -2.52.